The van der Waals surface area contributed by atoms with Crippen LogP contribution in [0.3, 0.4) is 0 Å². The van der Waals surface area contributed by atoms with Crippen molar-refractivity contribution < 1.29 is 4.79 Å². The van der Waals surface area contributed by atoms with Crippen molar-refractivity contribution in [3.8, 4) is 0 Å². The van der Waals surface area contributed by atoms with Crippen LogP contribution >= 0.6 is 11.3 Å². The molecule has 1 aromatic rings. The second kappa shape index (κ2) is 4.74. The Morgan fingerprint density at radius 2 is 2.00 bits per heavy atom. The lowest BCUT2D eigenvalue weighted by Crippen LogP contribution is -2.13. The number of nitrogens with one attached hydrogen (secondary N) is 1. The van der Waals surface area contributed by atoms with Gasteiger partial charge in [-0.25, -0.2) is 0 Å². The summed E-state index contributed by atoms with van der Waals surface area (Å²) in [6.45, 7) is 10.0. The number of carbonyl (C=O) groups is 1. The fourth-order valence-corrected chi connectivity index (χ4v) is 1.50. The van der Waals surface area contributed by atoms with Crippen LogP contribution < -0.4 is 5.32 Å². The van der Waals surface area contributed by atoms with E-state index >= 15 is 0 Å². The Balaban J connectivity index is 2.67. The summed E-state index contributed by atoms with van der Waals surface area (Å²) in [4.78, 5) is 11.6. The summed E-state index contributed by atoms with van der Waals surface area (Å²) < 4.78 is 0. The number of aromatic nitrogens is 2. The number of hydrogen-bond donors (Lipinski definition) is 1. The first kappa shape index (κ1) is 12.8. The van der Waals surface area contributed by atoms with Crippen LogP contribution in [0, 0.1) is 12.3 Å². The van der Waals surface area contributed by atoms with Crippen molar-refractivity contribution in [1.82, 2.24) is 10.2 Å². The Labute approximate surface area is 99.8 Å². The van der Waals surface area contributed by atoms with Gasteiger partial charge in [-0.05, 0) is 19.3 Å². The Bertz CT molecular complexity index is 415. The summed E-state index contributed by atoms with van der Waals surface area (Å²) in [5, 5.41) is 11.7. The number of allylic oxidation sites excluding steroid dienone is 1. The van der Waals surface area contributed by atoms with Gasteiger partial charge in [0.1, 0.15) is 5.01 Å². The van der Waals surface area contributed by atoms with E-state index in [4.69, 9.17) is 0 Å². The lowest BCUT2D eigenvalue weighted by molar-refractivity contribution is -0.112. The van der Waals surface area contributed by atoms with E-state index in [9.17, 15) is 4.79 Å². The zero-order chi connectivity index (χ0) is 12.3. The molecule has 0 radical (unpaired) electrons. The lowest BCUT2D eigenvalue weighted by Gasteiger charge is -2.18. The predicted octanol–water partition coefficient (Wildman–Crippen LogP) is 2.78. The minimum Gasteiger partial charge on any atom is -0.297 e. The SMILES string of the molecule is C/C(=C\C(=O)Nc1nnc(C)s1)C(C)(C)C. The van der Waals surface area contributed by atoms with Crippen molar-refractivity contribution in [2.24, 2.45) is 5.41 Å². The minimum absolute atomic E-state index is 0.00832. The average molecular weight is 239 g/mol. The van der Waals surface area contributed by atoms with Gasteiger partial charge in [-0.2, -0.15) is 0 Å². The first-order valence-electron chi connectivity index (χ1n) is 5.09. The molecule has 0 aliphatic rings. The molecular weight excluding hydrogens is 222 g/mol. The highest BCUT2D eigenvalue weighted by atomic mass is 32.1. The third-order valence-corrected chi connectivity index (χ3v) is 3.04. The highest BCUT2D eigenvalue weighted by Gasteiger charge is 2.14. The molecule has 1 heterocycles. The quantitative estimate of drug-likeness (QED) is 0.807. The number of nitrogens with zero attached hydrogens (tertiary/aromatic N) is 2. The van der Waals surface area contributed by atoms with Crippen LogP contribution in [0.1, 0.15) is 32.7 Å². The van der Waals surface area contributed by atoms with Crippen molar-refractivity contribution in [1.29, 1.82) is 0 Å². The Morgan fingerprint density at radius 1 is 1.38 bits per heavy atom. The zero-order valence-corrected chi connectivity index (χ0v) is 11.1. The molecular formula is C11H17N3OS. The van der Waals surface area contributed by atoms with Gasteiger partial charge in [0.25, 0.3) is 0 Å². The summed E-state index contributed by atoms with van der Waals surface area (Å²) in [5.74, 6) is -0.149. The molecule has 0 bridgehead atoms. The largest absolute Gasteiger partial charge is 0.297 e. The maximum Gasteiger partial charge on any atom is 0.250 e. The van der Waals surface area contributed by atoms with E-state index in [1.54, 1.807) is 6.08 Å². The van der Waals surface area contributed by atoms with Crippen molar-refractivity contribution in [2.45, 2.75) is 34.6 Å². The fourth-order valence-electron chi connectivity index (χ4n) is 0.902. The van der Waals surface area contributed by atoms with Gasteiger partial charge in [0.2, 0.25) is 11.0 Å². The monoisotopic (exact) mass is 239 g/mol. The van der Waals surface area contributed by atoms with Gasteiger partial charge >= 0.3 is 0 Å². The maximum absolute atomic E-state index is 11.6. The van der Waals surface area contributed by atoms with Crippen molar-refractivity contribution in [2.75, 3.05) is 5.32 Å². The second-order valence-corrected chi connectivity index (χ2v) is 5.87. The van der Waals surface area contributed by atoms with E-state index in [1.165, 1.54) is 11.3 Å². The molecule has 0 spiro atoms. The van der Waals surface area contributed by atoms with Crippen LogP contribution in [0.15, 0.2) is 11.6 Å². The molecule has 1 N–H and O–H groups in total. The van der Waals surface area contributed by atoms with Gasteiger partial charge in [0, 0.05) is 6.08 Å². The molecule has 0 saturated heterocycles. The number of anilines is 1. The van der Waals surface area contributed by atoms with Gasteiger partial charge in [-0.3, -0.25) is 10.1 Å². The van der Waals surface area contributed by atoms with Crippen molar-refractivity contribution >= 4 is 22.4 Å². The number of rotatable bonds is 2. The van der Waals surface area contributed by atoms with Crippen molar-refractivity contribution in [3.63, 3.8) is 0 Å². The highest BCUT2D eigenvalue weighted by Crippen LogP contribution is 2.24. The summed E-state index contributed by atoms with van der Waals surface area (Å²) in [6.07, 6.45) is 1.61. The van der Waals surface area contributed by atoms with Gasteiger partial charge in [-0.15, -0.1) is 10.2 Å². The topological polar surface area (TPSA) is 54.9 Å². The van der Waals surface area contributed by atoms with Gasteiger partial charge in [0.05, 0.1) is 0 Å². The molecule has 0 atom stereocenters. The number of hydrogen-bond acceptors (Lipinski definition) is 4. The smallest absolute Gasteiger partial charge is 0.250 e. The summed E-state index contributed by atoms with van der Waals surface area (Å²) in [7, 11) is 0. The van der Waals surface area contributed by atoms with Crippen molar-refractivity contribution in [3.05, 3.63) is 16.7 Å². The summed E-state index contributed by atoms with van der Waals surface area (Å²) in [5.41, 5.74) is 1.04. The van der Waals surface area contributed by atoms with Gasteiger partial charge in [-0.1, -0.05) is 37.7 Å². The number of aryl methyl sites for hydroxylation is 1. The predicted molar refractivity (Wildman–Crippen MR) is 66.5 cm³/mol. The Hall–Kier alpha value is -1.23. The van der Waals surface area contributed by atoms with Crippen LogP contribution in [0.25, 0.3) is 0 Å². The molecule has 1 amide bonds. The number of amides is 1. The normalized spacial score (nSPS) is 12.7. The molecule has 0 aliphatic heterocycles. The third-order valence-electron chi connectivity index (χ3n) is 2.29. The summed E-state index contributed by atoms with van der Waals surface area (Å²) in [6, 6.07) is 0. The molecule has 0 saturated carbocycles. The molecule has 16 heavy (non-hydrogen) atoms. The van der Waals surface area contributed by atoms with E-state index in [-0.39, 0.29) is 11.3 Å². The Kier molecular flexibility index (Phi) is 3.80. The standard InChI is InChI=1S/C11H17N3OS/c1-7(11(3,4)5)6-9(15)12-10-14-13-8(2)16-10/h6H,1-5H3,(H,12,14,15)/b7-6+. The van der Waals surface area contributed by atoms with Crippen LogP contribution in [0.2, 0.25) is 0 Å². The second-order valence-electron chi connectivity index (χ2n) is 4.69. The molecule has 0 unspecified atom stereocenters. The molecule has 0 aromatic carbocycles. The van der Waals surface area contributed by atoms with Crippen LogP contribution in [0.5, 0.6) is 0 Å². The minimum atomic E-state index is -0.149. The molecule has 0 aliphatic carbocycles. The molecule has 1 aromatic heterocycles. The van der Waals surface area contributed by atoms with Crippen LogP contribution in [-0.2, 0) is 4.79 Å². The zero-order valence-electron chi connectivity index (χ0n) is 10.3. The van der Waals surface area contributed by atoms with E-state index in [0.717, 1.165) is 10.6 Å². The van der Waals surface area contributed by atoms with Crippen LogP contribution in [0.4, 0.5) is 5.13 Å². The van der Waals surface area contributed by atoms with E-state index in [1.807, 2.05) is 13.8 Å². The molecule has 4 nitrogen and oxygen atoms in total. The molecule has 1 rings (SSSR count). The number of carbonyl (C=O) groups excluding carboxylic acids is 1. The third kappa shape index (κ3) is 3.73. The van der Waals surface area contributed by atoms with E-state index < -0.39 is 0 Å². The highest BCUT2D eigenvalue weighted by molar-refractivity contribution is 7.15. The lowest BCUT2D eigenvalue weighted by atomic mass is 9.87. The maximum atomic E-state index is 11.6. The fraction of sp³-hybridized carbons (Fsp3) is 0.545. The molecule has 88 valence electrons. The molecule has 5 heteroatoms. The van der Waals surface area contributed by atoms with E-state index in [0.29, 0.717) is 5.13 Å². The van der Waals surface area contributed by atoms with Crippen LogP contribution in [-0.4, -0.2) is 16.1 Å². The average Bonchev–Trinajstić information content (AvgIpc) is 2.49. The van der Waals surface area contributed by atoms with Gasteiger partial charge in [0.15, 0.2) is 0 Å². The first-order valence-corrected chi connectivity index (χ1v) is 5.90. The van der Waals surface area contributed by atoms with E-state index in [2.05, 4.69) is 36.3 Å². The summed E-state index contributed by atoms with van der Waals surface area (Å²) >= 11 is 1.37. The first-order chi connectivity index (χ1) is 7.29. The molecule has 0 fully saturated rings. The van der Waals surface area contributed by atoms with Gasteiger partial charge < -0.3 is 0 Å². The Morgan fingerprint density at radius 3 is 2.44 bits per heavy atom.